The van der Waals surface area contributed by atoms with Gasteiger partial charge in [-0.15, -0.1) is 11.3 Å². The Morgan fingerprint density at radius 3 is 2.78 bits per heavy atom. The summed E-state index contributed by atoms with van der Waals surface area (Å²) in [5, 5.41) is 9.48. The van der Waals surface area contributed by atoms with Gasteiger partial charge in [0, 0.05) is 6.20 Å². The average Bonchev–Trinajstić information content (AvgIpc) is 2.89. The number of benzene rings is 1. The molecule has 0 aliphatic carbocycles. The number of thiazole rings is 1. The second kappa shape index (κ2) is 5.43. The smallest absolute Gasteiger partial charge is 0.293 e. The van der Waals surface area contributed by atoms with Crippen LogP contribution in [0, 0.1) is 11.3 Å². The van der Waals surface area contributed by atoms with E-state index in [4.69, 9.17) is 10.00 Å². The minimum Gasteiger partial charge on any atom is -0.457 e. The molecule has 1 heterocycles. The number of aromatic nitrogens is 1. The van der Waals surface area contributed by atoms with Crippen molar-refractivity contribution in [3.8, 4) is 16.5 Å². The van der Waals surface area contributed by atoms with Crippen LogP contribution in [0.4, 0.5) is 0 Å². The normalized spacial score (nSPS) is 11.6. The van der Waals surface area contributed by atoms with Crippen molar-refractivity contribution in [3.05, 3.63) is 41.0 Å². The highest BCUT2D eigenvalue weighted by atomic mass is 32.1. The third-order valence-corrected chi connectivity index (χ3v) is 3.64. The van der Waals surface area contributed by atoms with Crippen molar-refractivity contribution in [2.24, 2.45) is 0 Å². The molecule has 2 aromatic rings. The average molecular weight is 258 g/mol. The Kier molecular flexibility index (Phi) is 3.70. The zero-order valence-electron chi connectivity index (χ0n) is 9.66. The van der Waals surface area contributed by atoms with Crippen LogP contribution in [0.5, 0.6) is 0 Å². The summed E-state index contributed by atoms with van der Waals surface area (Å²) in [6, 6.07) is 9.35. The van der Waals surface area contributed by atoms with Gasteiger partial charge in [0.25, 0.3) is 6.47 Å². The summed E-state index contributed by atoms with van der Waals surface area (Å²) in [4.78, 5) is 15.5. The molecule has 0 aliphatic rings. The highest BCUT2D eigenvalue weighted by molar-refractivity contribution is 7.15. The van der Waals surface area contributed by atoms with Gasteiger partial charge in [0.1, 0.15) is 11.1 Å². The number of rotatable bonds is 4. The molecule has 1 aromatic heterocycles. The number of hydrogen-bond acceptors (Lipinski definition) is 5. The molecule has 0 amide bonds. The molecule has 1 unspecified atom stereocenters. The lowest BCUT2D eigenvalue weighted by molar-refractivity contribution is -0.133. The molecule has 1 atom stereocenters. The van der Waals surface area contributed by atoms with Gasteiger partial charge >= 0.3 is 0 Å². The van der Waals surface area contributed by atoms with Crippen LogP contribution in [0.2, 0.25) is 0 Å². The van der Waals surface area contributed by atoms with Gasteiger partial charge in [-0.3, -0.25) is 4.79 Å². The Hall–Kier alpha value is -2.19. The number of nitrogens with zero attached hydrogens (tertiary/aromatic N) is 2. The van der Waals surface area contributed by atoms with Gasteiger partial charge < -0.3 is 4.74 Å². The van der Waals surface area contributed by atoms with Crippen LogP contribution in [0.1, 0.15) is 23.6 Å². The highest BCUT2D eigenvalue weighted by Crippen LogP contribution is 2.30. The largest absolute Gasteiger partial charge is 0.457 e. The molecule has 0 fully saturated rings. The van der Waals surface area contributed by atoms with E-state index in [1.54, 1.807) is 25.3 Å². The van der Waals surface area contributed by atoms with E-state index in [2.05, 4.69) is 11.1 Å². The quantitative estimate of drug-likeness (QED) is 0.791. The molecule has 0 aliphatic heterocycles. The topological polar surface area (TPSA) is 63.0 Å². The van der Waals surface area contributed by atoms with Gasteiger partial charge in [-0.25, -0.2) is 4.98 Å². The van der Waals surface area contributed by atoms with Crippen LogP contribution in [-0.2, 0) is 9.53 Å². The van der Waals surface area contributed by atoms with E-state index in [-0.39, 0.29) is 6.10 Å². The second-order valence-corrected chi connectivity index (χ2v) is 4.69. The Labute approximate surface area is 108 Å². The molecule has 1 aromatic carbocycles. The molecular weight excluding hydrogens is 248 g/mol. The molecule has 0 spiro atoms. The molecule has 90 valence electrons. The lowest BCUT2D eigenvalue weighted by Gasteiger charge is -2.03. The molecule has 0 bridgehead atoms. The van der Waals surface area contributed by atoms with Crippen molar-refractivity contribution in [3.63, 3.8) is 0 Å². The van der Waals surface area contributed by atoms with E-state index in [1.807, 2.05) is 12.1 Å². The van der Waals surface area contributed by atoms with Crippen LogP contribution >= 0.6 is 11.3 Å². The molecule has 0 saturated carbocycles. The molecule has 0 radical (unpaired) electrons. The number of ether oxygens (including phenoxy) is 1. The zero-order valence-corrected chi connectivity index (χ0v) is 10.5. The predicted octanol–water partition coefficient (Wildman–Crippen LogP) is 2.92. The van der Waals surface area contributed by atoms with Gasteiger partial charge in [0.15, 0.2) is 0 Å². The Morgan fingerprint density at radius 1 is 1.44 bits per heavy atom. The van der Waals surface area contributed by atoms with Gasteiger partial charge in [0.2, 0.25) is 0 Å². The number of hydrogen-bond donors (Lipinski definition) is 0. The SMILES string of the molecule is CC(OC=O)c1ncc(-c2ccc(C#N)cc2)s1. The fourth-order valence-corrected chi connectivity index (χ4v) is 2.37. The summed E-state index contributed by atoms with van der Waals surface area (Å²) in [6.07, 6.45) is 1.41. The first kappa shape index (κ1) is 12.3. The Bertz CT molecular complexity index is 584. The Balaban J connectivity index is 2.23. The Morgan fingerprint density at radius 2 is 2.17 bits per heavy atom. The van der Waals surface area contributed by atoms with Crippen molar-refractivity contribution in [1.29, 1.82) is 5.26 Å². The van der Waals surface area contributed by atoms with Crippen molar-refractivity contribution in [1.82, 2.24) is 4.98 Å². The molecule has 0 N–H and O–H groups in total. The fourth-order valence-electron chi connectivity index (χ4n) is 1.46. The van der Waals surface area contributed by atoms with E-state index in [9.17, 15) is 4.79 Å². The van der Waals surface area contributed by atoms with E-state index in [1.165, 1.54) is 11.3 Å². The maximum absolute atomic E-state index is 10.3. The molecule has 5 heteroatoms. The van der Waals surface area contributed by atoms with Gasteiger partial charge in [-0.1, -0.05) is 12.1 Å². The maximum atomic E-state index is 10.3. The summed E-state index contributed by atoms with van der Waals surface area (Å²) in [6.45, 7) is 2.20. The molecule has 18 heavy (non-hydrogen) atoms. The van der Waals surface area contributed by atoms with Crippen molar-refractivity contribution in [2.45, 2.75) is 13.0 Å². The molecule has 2 rings (SSSR count). The second-order valence-electron chi connectivity index (χ2n) is 3.63. The van der Waals surface area contributed by atoms with Crippen molar-refractivity contribution >= 4 is 17.8 Å². The van der Waals surface area contributed by atoms with E-state index < -0.39 is 0 Å². The fraction of sp³-hybridized carbons (Fsp3) is 0.154. The predicted molar refractivity (Wildman–Crippen MR) is 67.8 cm³/mol. The van der Waals surface area contributed by atoms with Crippen molar-refractivity contribution in [2.75, 3.05) is 0 Å². The van der Waals surface area contributed by atoms with Crippen LogP contribution < -0.4 is 0 Å². The minimum absolute atomic E-state index is 0.334. The van der Waals surface area contributed by atoms with E-state index in [0.29, 0.717) is 12.0 Å². The van der Waals surface area contributed by atoms with E-state index in [0.717, 1.165) is 15.4 Å². The first-order chi connectivity index (χ1) is 8.74. The summed E-state index contributed by atoms with van der Waals surface area (Å²) in [5.41, 5.74) is 1.62. The number of nitriles is 1. The van der Waals surface area contributed by atoms with Crippen LogP contribution in [0.3, 0.4) is 0 Å². The first-order valence-electron chi connectivity index (χ1n) is 5.30. The van der Waals surface area contributed by atoms with E-state index >= 15 is 0 Å². The summed E-state index contributed by atoms with van der Waals surface area (Å²) in [7, 11) is 0. The van der Waals surface area contributed by atoms with Crippen LogP contribution in [-0.4, -0.2) is 11.5 Å². The highest BCUT2D eigenvalue weighted by Gasteiger charge is 2.11. The number of carbonyl (C=O) groups excluding carboxylic acids is 1. The summed E-state index contributed by atoms with van der Waals surface area (Å²) < 4.78 is 4.84. The lowest BCUT2D eigenvalue weighted by Crippen LogP contribution is -1.96. The molecule has 4 nitrogen and oxygen atoms in total. The minimum atomic E-state index is -0.334. The van der Waals surface area contributed by atoms with Crippen LogP contribution in [0.15, 0.2) is 30.5 Å². The van der Waals surface area contributed by atoms with Gasteiger partial charge in [-0.2, -0.15) is 5.26 Å². The maximum Gasteiger partial charge on any atom is 0.293 e. The monoisotopic (exact) mass is 258 g/mol. The summed E-state index contributed by atoms with van der Waals surface area (Å²) in [5.74, 6) is 0. The van der Waals surface area contributed by atoms with Crippen LogP contribution in [0.25, 0.3) is 10.4 Å². The molecule has 0 saturated heterocycles. The summed E-state index contributed by atoms with van der Waals surface area (Å²) >= 11 is 1.47. The lowest BCUT2D eigenvalue weighted by atomic mass is 10.1. The standard InChI is InChI=1S/C13H10N2O2S/c1-9(17-8-16)13-15-7-12(18-13)11-4-2-10(6-14)3-5-11/h2-5,7-9H,1H3. The third kappa shape index (κ3) is 2.55. The molecular formula is C13H10N2O2S. The zero-order chi connectivity index (χ0) is 13.0. The van der Waals surface area contributed by atoms with Gasteiger partial charge in [-0.05, 0) is 24.6 Å². The van der Waals surface area contributed by atoms with Crippen molar-refractivity contribution < 1.29 is 9.53 Å². The third-order valence-electron chi connectivity index (χ3n) is 2.43. The van der Waals surface area contributed by atoms with Gasteiger partial charge in [0.05, 0.1) is 16.5 Å². The number of carbonyl (C=O) groups is 1. The first-order valence-corrected chi connectivity index (χ1v) is 6.11.